The molecular weight excluding hydrogens is 268 g/mol. The van der Waals surface area contributed by atoms with E-state index in [0.29, 0.717) is 19.1 Å². The second kappa shape index (κ2) is 6.47. The number of hydrogen-bond donors (Lipinski definition) is 1. The first kappa shape index (κ1) is 14.4. The number of nitrogens with one attached hydrogen (secondary N) is 1. The van der Waals surface area contributed by atoms with E-state index in [2.05, 4.69) is 21.7 Å². The highest BCUT2D eigenvalue weighted by molar-refractivity contribution is 5.44. The monoisotopic (exact) mass is 292 g/mol. The summed E-state index contributed by atoms with van der Waals surface area (Å²) in [5.41, 5.74) is -0.0709. The number of hydrogen-bond acceptors (Lipinski definition) is 5. The second-order valence-corrected chi connectivity index (χ2v) is 6.07. The molecule has 1 N–H and O–H groups in total. The van der Waals surface area contributed by atoms with Gasteiger partial charge in [0.1, 0.15) is 5.82 Å². The highest BCUT2D eigenvalue weighted by Crippen LogP contribution is 2.20. The zero-order valence-corrected chi connectivity index (χ0v) is 12.7. The Bertz CT molecular complexity index is 525. The van der Waals surface area contributed by atoms with E-state index in [4.69, 9.17) is 9.72 Å². The van der Waals surface area contributed by atoms with Crippen LogP contribution in [-0.4, -0.2) is 49.4 Å². The van der Waals surface area contributed by atoms with Crippen molar-refractivity contribution in [1.29, 1.82) is 0 Å². The standard InChI is InChI=1S/C15H24N4O2/c1-12-4-2-3-5-19(11-12)15-16-13(10-14(20)17-15)18-6-8-21-9-7-18/h10,12H,2-9,11H2,1H3,(H,16,17,20). The summed E-state index contributed by atoms with van der Waals surface area (Å²) in [7, 11) is 0. The first-order valence-electron chi connectivity index (χ1n) is 7.91. The molecule has 0 radical (unpaired) electrons. The Kier molecular flexibility index (Phi) is 4.43. The fourth-order valence-corrected chi connectivity index (χ4v) is 3.08. The third-order valence-electron chi connectivity index (χ3n) is 4.26. The molecule has 2 fully saturated rings. The third kappa shape index (κ3) is 3.56. The van der Waals surface area contributed by atoms with Gasteiger partial charge in [0.2, 0.25) is 5.95 Å². The average Bonchev–Trinajstić information content (AvgIpc) is 2.72. The normalized spacial score (nSPS) is 24.0. The van der Waals surface area contributed by atoms with Gasteiger partial charge in [-0.25, -0.2) is 0 Å². The Morgan fingerprint density at radius 2 is 2.05 bits per heavy atom. The summed E-state index contributed by atoms with van der Waals surface area (Å²) in [5.74, 6) is 2.14. The van der Waals surface area contributed by atoms with Crippen LogP contribution in [0.25, 0.3) is 0 Å². The van der Waals surface area contributed by atoms with E-state index in [9.17, 15) is 4.79 Å². The fraction of sp³-hybridized carbons (Fsp3) is 0.733. The van der Waals surface area contributed by atoms with Gasteiger partial charge in [-0.05, 0) is 18.8 Å². The summed E-state index contributed by atoms with van der Waals surface area (Å²) in [5, 5.41) is 0. The zero-order chi connectivity index (χ0) is 14.7. The third-order valence-corrected chi connectivity index (χ3v) is 4.26. The van der Waals surface area contributed by atoms with E-state index in [1.165, 1.54) is 12.8 Å². The molecular formula is C15H24N4O2. The Hall–Kier alpha value is -1.56. The van der Waals surface area contributed by atoms with E-state index < -0.39 is 0 Å². The van der Waals surface area contributed by atoms with Crippen LogP contribution < -0.4 is 15.4 Å². The lowest BCUT2D eigenvalue weighted by molar-refractivity contribution is 0.122. The maximum atomic E-state index is 12.0. The number of nitrogens with zero attached hydrogens (tertiary/aromatic N) is 3. The molecule has 21 heavy (non-hydrogen) atoms. The number of morpholine rings is 1. The molecule has 116 valence electrons. The largest absolute Gasteiger partial charge is 0.378 e. The van der Waals surface area contributed by atoms with Crippen molar-refractivity contribution in [1.82, 2.24) is 9.97 Å². The zero-order valence-electron chi connectivity index (χ0n) is 12.7. The minimum Gasteiger partial charge on any atom is -0.378 e. The Morgan fingerprint density at radius 3 is 2.86 bits per heavy atom. The SMILES string of the molecule is CC1CCCCN(c2nc(N3CCOCC3)cc(=O)[nH]2)C1. The van der Waals surface area contributed by atoms with E-state index in [1.807, 2.05) is 0 Å². The lowest BCUT2D eigenvalue weighted by Crippen LogP contribution is -2.38. The summed E-state index contributed by atoms with van der Waals surface area (Å²) in [6.45, 7) is 7.20. The second-order valence-electron chi connectivity index (χ2n) is 6.07. The lowest BCUT2D eigenvalue weighted by Gasteiger charge is -2.29. The molecule has 0 bridgehead atoms. The first-order chi connectivity index (χ1) is 10.2. The van der Waals surface area contributed by atoms with Crippen LogP contribution in [0.1, 0.15) is 26.2 Å². The molecule has 1 aromatic heterocycles. The van der Waals surface area contributed by atoms with Crippen molar-refractivity contribution in [3.05, 3.63) is 16.4 Å². The number of anilines is 2. The molecule has 0 spiro atoms. The summed E-state index contributed by atoms with van der Waals surface area (Å²) >= 11 is 0. The smallest absolute Gasteiger partial charge is 0.254 e. The van der Waals surface area contributed by atoms with Crippen molar-refractivity contribution in [2.24, 2.45) is 5.92 Å². The van der Waals surface area contributed by atoms with Crippen molar-refractivity contribution < 1.29 is 4.74 Å². The predicted octanol–water partition coefficient (Wildman–Crippen LogP) is 1.23. The molecule has 1 aromatic rings. The van der Waals surface area contributed by atoms with E-state index in [1.54, 1.807) is 6.07 Å². The Labute approximate surface area is 125 Å². The molecule has 2 aliphatic heterocycles. The number of H-pyrrole nitrogens is 1. The van der Waals surface area contributed by atoms with Gasteiger partial charge in [0.25, 0.3) is 5.56 Å². The molecule has 2 saturated heterocycles. The average molecular weight is 292 g/mol. The minimum absolute atomic E-state index is 0.0709. The summed E-state index contributed by atoms with van der Waals surface area (Å²) in [6.07, 6.45) is 3.67. The number of aromatic nitrogens is 2. The number of aromatic amines is 1. The van der Waals surface area contributed by atoms with Crippen molar-refractivity contribution in [2.75, 3.05) is 49.2 Å². The van der Waals surface area contributed by atoms with Gasteiger partial charge >= 0.3 is 0 Å². The van der Waals surface area contributed by atoms with Gasteiger partial charge in [-0.15, -0.1) is 0 Å². The van der Waals surface area contributed by atoms with Crippen molar-refractivity contribution in [2.45, 2.75) is 26.2 Å². The summed E-state index contributed by atoms with van der Waals surface area (Å²) in [6, 6.07) is 1.59. The quantitative estimate of drug-likeness (QED) is 0.888. The van der Waals surface area contributed by atoms with Crippen molar-refractivity contribution >= 4 is 11.8 Å². The maximum Gasteiger partial charge on any atom is 0.254 e. The number of ether oxygens (including phenoxy) is 1. The highest BCUT2D eigenvalue weighted by Gasteiger charge is 2.19. The minimum atomic E-state index is -0.0709. The van der Waals surface area contributed by atoms with Crippen LogP contribution in [0.2, 0.25) is 0 Å². The summed E-state index contributed by atoms with van der Waals surface area (Å²) < 4.78 is 5.36. The molecule has 0 saturated carbocycles. The molecule has 0 amide bonds. The van der Waals surface area contributed by atoms with Gasteiger partial charge in [0.15, 0.2) is 0 Å². The van der Waals surface area contributed by atoms with Gasteiger partial charge < -0.3 is 14.5 Å². The van der Waals surface area contributed by atoms with Gasteiger partial charge in [0.05, 0.1) is 13.2 Å². The van der Waals surface area contributed by atoms with Gasteiger partial charge in [-0.3, -0.25) is 9.78 Å². The molecule has 2 aliphatic rings. The van der Waals surface area contributed by atoms with Crippen LogP contribution in [0.15, 0.2) is 10.9 Å². The molecule has 0 aromatic carbocycles. The van der Waals surface area contributed by atoms with Crippen LogP contribution in [-0.2, 0) is 4.74 Å². The summed E-state index contributed by atoms with van der Waals surface area (Å²) in [4.78, 5) is 23.9. The fourth-order valence-electron chi connectivity index (χ4n) is 3.08. The molecule has 1 unspecified atom stereocenters. The molecule has 3 heterocycles. The maximum absolute atomic E-state index is 12.0. The van der Waals surface area contributed by atoms with Gasteiger partial charge in [0, 0.05) is 32.2 Å². The predicted molar refractivity (Wildman–Crippen MR) is 83.1 cm³/mol. The Morgan fingerprint density at radius 1 is 1.24 bits per heavy atom. The van der Waals surface area contributed by atoms with Crippen LogP contribution in [0.5, 0.6) is 0 Å². The highest BCUT2D eigenvalue weighted by atomic mass is 16.5. The van der Waals surface area contributed by atoms with Crippen molar-refractivity contribution in [3.8, 4) is 0 Å². The lowest BCUT2D eigenvalue weighted by atomic mass is 10.1. The van der Waals surface area contributed by atoms with Crippen LogP contribution >= 0.6 is 0 Å². The van der Waals surface area contributed by atoms with E-state index >= 15 is 0 Å². The van der Waals surface area contributed by atoms with Crippen LogP contribution in [0, 0.1) is 5.92 Å². The number of rotatable bonds is 2. The Balaban J connectivity index is 1.84. The molecule has 6 heteroatoms. The van der Waals surface area contributed by atoms with E-state index in [0.717, 1.165) is 44.4 Å². The molecule has 1 atom stereocenters. The molecule has 0 aliphatic carbocycles. The van der Waals surface area contributed by atoms with Gasteiger partial charge in [-0.1, -0.05) is 13.3 Å². The van der Waals surface area contributed by atoms with Crippen LogP contribution in [0.3, 0.4) is 0 Å². The van der Waals surface area contributed by atoms with Crippen molar-refractivity contribution in [3.63, 3.8) is 0 Å². The van der Waals surface area contributed by atoms with Gasteiger partial charge in [-0.2, -0.15) is 4.98 Å². The van der Waals surface area contributed by atoms with E-state index in [-0.39, 0.29) is 5.56 Å². The molecule has 6 nitrogen and oxygen atoms in total. The van der Waals surface area contributed by atoms with Crippen LogP contribution in [0.4, 0.5) is 11.8 Å². The molecule has 3 rings (SSSR count). The topological polar surface area (TPSA) is 61.5 Å². The first-order valence-corrected chi connectivity index (χ1v) is 7.91.